The molecule has 18 heavy (non-hydrogen) atoms. The molecular weight excluding hydrogens is 275 g/mol. The number of halogens is 3. The fourth-order valence-corrected chi connectivity index (χ4v) is 2.10. The van der Waals surface area contributed by atoms with Gasteiger partial charge in [0.05, 0.1) is 0 Å². The fourth-order valence-electron chi connectivity index (χ4n) is 1.04. The molecule has 1 aromatic rings. The van der Waals surface area contributed by atoms with Crippen molar-refractivity contribution in [3.05, 3.63) is 10.5 Å². The number of oxime groups is 1. The highest BCUT2D eigenvalue weighted by atomic mass is 32.2. The summed E-state index contributed by atoms with van der Waals surface area (Å²) >= 11 is 0.675. The van der Waals surface area contributed by atoms with E-state index in [1.807, 2.05) is 0 Å². The molecule has 0 aliphatic rings. The molecule has 102 valence electrons. The lowest BCUT2D eigenvalue weighted by molar-refractivity contribution is -0.150. The van der Waals surface area contributed by atoms with Crippen molar-refractivity contribution >= 4 is 17.6 Å². The van der Waals surface area contributed by atoms with Gasteiger partial charge in [0.25, 0.3) is 0 Å². The van der Waals surface area contributed by atoms with Crippen molar-refractivity contribution in [3.63, 3.8) is 0 Å². The van der Waals surface area contributed by atoms with Crippen LogP contribution in [0.5, 0.6) is 0 Å². The topological polar surface area (TPSA) is 109 Å². The first-order chi connectivity index (χ1) is 8.27. The standard InChI is InChI=1S/C7H10F3N5O2S/c1-15-5(16)12-13-6(15)18-2-3(4(11)14-17)7(8,9)10/h3,17H,2H2,1H3,(H2,11,14)(H,12,16). The first-order valence-electron chi connectivity index (χ1n) is 4.55. The van der Waals surface area contributed by atoms with Gasteiger partial charge >= 0.3 is 11.9 Å². The van der Waals surface area contributed by atoms with Crippen LogP contribution in [0.25, 0.3) is 0 Å². The van der Waals surface area contributed by atoms with Crippen molar-refractivity contribution < 1.29 is 18.4 Å². The van der Waals surface area contributed by atoms with Gasteiger partial charge in [0, 0.05) is 12.8 Å². The van der Waals surface area contributed by atoms with Gasteiger partial charge in [-0.1, -0.05) is 16.9 Å². The smallest absolute Gasteiger partial charge is 0.399 e. The number of rotatable bonds is 4. The monoisotopic (exact) mass is 285 g/mol. The van der Waals surface area contributed by atoms with Crippen LogP contribution in [0.2, 0.25) is 0 Å². The quantitative estimate of drug-likeness (QED) is 0.239. The molecule has 0 amide bonds. The number of nitrogens with two attached hydrogens (primary N) is 1. The molecule has 1 heterocycles. The van der Waals surface area contributed by atoms with E-state index in [2.05, 4.69) is 15.4 Å². The maximum atomic E-state index is 12.6. The average Bonchev–Trinajstić information content (AvgIpc) is 2.58. The van der Waals surface area contributed by atoms with Gasteiger partial charge in [-0.2, -0.15) is 13.2 Å². The van der Waals surface area contributed by atoms with E-state index in [0.717, 1.165) is 4.57 Å². The molecule has 7 nitrogen and oxygen atoms in total. The van der Waals surface area contributed by atoms with Crippen LogP contribution in [0.1, 0.15) is 0 Å². The number of aromatic amines is 1. The minimum Gasteiger partial charge on any atom is -0.409 e. The molecule has 0 spiro atoms. The highest BCUT2D eigenvalue weighted by Gasteiger charge is 2.43. The van der Waals surface area contributed by atoms with E-state index in [1.54, 1.807) is 0 Å². The Morgan fingerprint density at radius 3 is 2.72 bits per heavy atom. The zero-order valence-corrected chi connectivity index (χ0v) is 9.92. The molecule has 0 aliphatic heterocycles. The molecule has 1 aromatic heterocycles. The second-order valence-corrected chi connectivity index (χ2v) is 4.29. The molecule has 0 radical (unpaired) electrons. The van der Waals surface area contributed by atoms with Crippen molar-refractivity contribution in [2.45, 2.75) is 11.3 Å². The number of H-pyrrole nitrogens is 1. The van der Waals surface area contributed by atoms with Crippen molar-refractivity contribution in [3.8, 4) is 0 Å². The molecule has 1 unspecified atom stereocenters. The minimum atomic E-state index is -4.64. The molecule has 11 heteroatoms. The Labute approximate surface area is 103 Å². The second kappa shape index (κ2) is 5.33. The summed E-state index contributed by atoms with van der Waals surface area (Å²) in [6, 6.07) is 0. The number of aromatic nitrogens is 3. The van der Waals surface area contributed by atoms with E-state index in [9.17, 15) is 18.0 Å². The number of nitrogens with one attached hydrogen (secondary N) is 1. The van der Waals surface area contributed by atoms with Crippen molar-refractivity contribution in [2.75, 3.05) is 5.75 Å². The molecule has 1 atom stereocenters. The number of thioether (sulfide) groups is 1. The first kappa shape index (κ1) is 14.4. The second-order valence-electron chi connectivity index (χ2n) is 3.30. The summed E-state index contributed by atoms with van der Waals surface area (Å²) in [4.78, 5) is 11.0. The predicted molar refractivity (Wildman–Crippen MR) is 57.5 cm³/mol. The summed E-state index contributed by atoms with van der Waals surface area (Å²) in [5, 5.41) is 16.4. The van der Waals surface area contributed by atoms with E-state index >= 15 is 0 Å². The minimum absolute atomic E-state index is 0.0833. The van der Waals surface area contributed by atoms with Crippen LogP contribution < -0.4 is 11.4 Å². The van der Waals surface area contributed by atoms with Gasteiger partial charge in [-0.25, -0.2) is 9.89 Å². The molecule has 0 aromatic carbocycles. The van der Waals surface area contributed by atoms with Crippen molar-refractivity contribution in [2.24, 2.45) is 23.9 Å². The van der Waals surface area contributed by atoms with Gasteiger partial charge in [-0.05, 0) is 0 Å². The molecule has 0 bridgehead atoms. The highest BCUT2D eigenvalue weighted by Crippen LogP contribution is 2.30. The van der Waals surface area contributed by atoms with Gasteiger partial charge < -0.3 is 10.9 Å². The van der Waals surface area contributed by atoms with E-state index < -0.39 is 29.4 Å². The predicted octanol–water partition coefficient (Wildman–Crippen LogP) is 0.125. The third-order valence-electron chi connectivity index (χ3n) is 2.09. The zero-order valence-electron chi connectivity index (χ0n) is 9.10. The molecular formula is C7H10F3N5O2S. The van der Waals surface area contributed by atoms with Crippen LogP contribution >= 0.6 is 11.8 Å². The van der Waals surface area contributed by atoms with Crippen LogP contribution in [0, 0.1) is 5.92 Å². The van der Waals surface area contributed by atoms with Gasteiger partial charge in [0.1, 0.15) is 5.92 Å². The highest BCUT2D eigenvalue weighted by molar-refractivity contribution is 7.99. The lowest BCUT2D eigenvalue weighted by Gasteiger charge is -2.17. The maximum absolute atomic E-state index is 12.6. The number of amidine groups is 1. The number of hydrogen-bond acceptors (Lipinski definition) is 5. The van der Waals surface area contributed by atoms with Gasteiger partial charge in [-0.15, -0.1) is 5.10 Å². The van der Waals surface area contributed by atoms with Crippen LogP contribution in [0.3, 0.4) is 0 Å². The molecule has 0 saturated carbocycles. The van der Waals surface area contributed by atoms with Crippen LogP contribution in [0.4, 0.5) is 13.2 Å². The van der Waals surface area contributed by atoms with Crippen molar-refractivity contribution in [1.82, 2.24) is 14.8 Å². The lowest BCUT2D eigenvalue weighted by atomic mass is 10.1. The average molecular weight is 285 g/mol. The van der Waals surface area contributed by atoms with E-state index in [1.165, 1.54) is 7.05 Å². The summed E-state index contributed by atoms with van der Waals surface area (Å²) in [7, 11) is 1.36. The summed E-state index contributed by atoms with van der Waals surface area (Å²) in [5.41, 5.74) is 4.44. The van der Waals surface area contributed by atoms with Crippen molar-refractivity contribution in [1.29, 1.82) is 0 Å². The Balaban J connectivity index is 2.81. The SMILES string of the molecule is Cn1c(SCC(C(N)=NO)C(F)(F)F)n[nH]c1=O. The number of nitrogens with zero attached hydrogens (tertiary/aromatic N) is 3. The third kappa shape index (κ3) is 3.18. The Bertz CT molecular complexity index is 494. The summed E-state index contributed by atoms with van der Waals surface area (Å²) < 4.78 is 38.8. The van der Waals surface area contributed by atoms with E-state index in [0.29, 0.717) is 11.8 Å². The van der Waals surface area contributed by atoms with E-state index in [4.69, 9.17) is 10.9 Å². The van der Waals surface area contributed by atoms with Gasteiger partial charge in [0.15, 0.2) is 11.0 Å². The molecule has 0 aliphatic carbocycles. The summed E-state index contributed by atoms with van der Waals surface area (Å²) in [6.07, 6.45) is -4.64. The Kier molecular flexibility index (Phi) is 4.27. The van der Waals surface area contributed by atoms with Crippen LogP contribution in [0.15, 0.2) is 15.1 Å². The molecule has 0 fully saturated rings. The summed E-state index contributed by atoms with van der Waals surface area (Å²) in [5.74, 6) is -3.59. The van der Waals surface area contributed by atoms with Gasteiger partial charge in [0.2, 0.25) is 0 Å². The Hall–Kier alpha value is -1.65. The summed E-state index contributed by atoms with van der Waals surface area (Å²) in [6.45, 7) is 0. The maximum Gasteiger partial charge on any atom is 0.399 e. The zero-order chi connectivity index (χ0) is 13.9. The normalized spacial score (nSPS) is 14.8. The van der Waals surface area contributed by atoms with E-state index in [-0.39, 0.29) is 5.16 Å². The lowest BCUT2D eigenvalue weighted by Crippen LogP contribution is -2.37. The van der Waals surface area contributed by atoms with Crippen LogP contribution in [-0.2, 0) is 7.05 Å². The molecule has 0 saturated heterocycles. The van der Waals surface area contributed by atoms with Crippen LogP contribution in [-0.4, -0.2) is 37.7 Å². The number of hydrogen-bond donors (Lipinski definition) is 3. The first-order valence-corrected chi connectivity index (χ1v) is 5.54. The van der Waals surface area contributed by atoms with Gasteiger partial charge in [-0.3, -0.25) is 4.57 Å². The Morgan fingerprint density at radius 1 is 1.72 bits per heavy atom. The fraction of sp³-hybridized carbons (Fsp3) is 0.571. The number of alkyl halides is 3. The largest absolute Gasteiger partial charge is 0.409 e. The molecule has 1 rings (SSSR count). The molecule has 4 N–H and O–H groups in total. The Morgan fingerprint density at radius 2 is 2.33 bits per heavy atom. The third-order valence-corrected chi connectivity index (χ3v) is 3.21.